The first-order chi connectivity index (χ1) is 19.5. The molecule has 1 atom stereocenters. The lowest BCUT2D eigenvalue weighted by molar-refractivity contribution is -0.139. The minimum atomic E-state index is -4.27. The van der Waals surface area contributed by atoms with Crippen molar-refractivity contribution in [2.24, 2.45) is 0 Å². The molecule has 1 aliphatic carbocycles. The SMILES string of the molecule is Cc1ccc(S(=O)(=O)N(CC(=O)N(Cc2ccccc2Cl)[C@@H](C)C(=O)NC2CCCC2)c2cccc(Cl)c2Cl)cc1. The molecule has 1 saturated carbocycles. The summed E-state index contributed by atoms with van der Waals surface area (Å²) in [5.41, 5.74) is 1.55. The van der Waals surface area contributed by atoms with Gasteiger partial charge in [-0.1, -0.05) is 89.6 Å². The number of sulfonamides is 1. The molecular formula is C30H32Cl3N3O4S. The second kappa shape index (κ2) is 13.5. The van der Waals surface area contributed by atoms with E-state index < -0.39 is 28.5 Å². The number of hydrogen-bond donors (Lipinski definition) is 1. The highest BCUT2D eigenvalue weighted by Crippen LogP contribution is 2.35. The highest BCUT2D eigenvalue weighted by atomic mass is 35.5. The van der Waals surface area contributed by atoms with E-state index in [0.717, 1.165) is 35.6 Å². The quantitative estimate of drug-likeness (QED) is 0.271. The molecule has 7 nitrogen and oxygen atoms in total. The molecule has 0 radical (unpaired) electrons. The molecule has 0 bridgehead atoms. The molecule has 0 spiro atoms. The fourth-order valence-corrected chi connectivity index (χ4v) is 6.89. The molecular weight excluding hydrogens is 605 g/mol. The summed E-state index contributed by atoms with van der Waals surface area (Å²) in [5, 5.41) is 3.59. The topological polar surface area (TPSA) is 86.8 Å². The third kappa shape index (κ3) is 7.36. The monoisotopic (exact) mass is 635 g/mol. The minimum absolute atomic E-state index is 0.000538. The highest BCUT2D eigenvalue weighted by Gasteiger charge is 2.34. The molecule has 2 amide bonds. The third-order valence-corrected chi connectivity index (χ3v) is 10.2. The van der Waals surface area contributed by atoms with Gasteiger partial charge in [0.25, 0.3) is 10.0 Å². The first-order valence-corrected chi connectivity index (χ1v) is 15.9. The number of nitrogens with one attached hydrogen (secondary N) is 1. The number of anilines is 1. The van der Waals surface area contributed by atoms with E-state index in [1.165, 1.54) is 29.2 Å². The van der Waals surface area contributed by atoms with Gasteiger partial charge in [-0.3, -0.25) is 13.9 Å². The van der Waals surface area contributed by atoms with E-state index in [0.29, 0.717) is 10.6 Å². The van der Waals surface area contributed by atoms with E-state index >= 15 is 0 Å². The van der Waals surface area contributed by atoms with E-state index in [9.17, 15) is 18.0 Å². The van der Waals surface area contributed by atoms with Crippen LogP contribution in [0.1, 0.15) is 43.7 Å². The lowest BCUT2D eigenvalue weighted by Crippen LogP contribution is -2.52. The van der Waals surface area contributed by atoms with Gasteiger partial charge in [-0.05, 0) is 62.6 Å². The molecule has 1 fully saturated rings. The van der Waals surface area contributed by atoms with Crippen molar-refractivity contribution in [3.63, 3.8) is 0 Å². The Bertz CT molecular complexity index is 1510. The van der Waals surface area contributed by atoms with Crippen molar-refractivity contribution in [3.05, 3.63) is 92.9 Å². The molecule has 1 aliphatic rings. The molecule has 3 aromatic carbocycles. The van der Waals surface area contributed by atoms with Gasteiger partial charge in [0.05, 0.1) is 20.6 Å². The summed E-state index contributed by atoms with van der Waals surface area (Å²) in [4.78, 5) is 28.7. The zero-order chi connectivity index (χ0) is 29.7. The minimum Gasteiger partial charge on any atom is -0.352 e. The highest BCUT2D eigenvalue weighted by molar-refractivity contribution is 7.92. The molecule has 0 unspecified atom stereocenters. The molecule has 1 N–H and O–H groups in total. The van der Waals surface area contributed by atoms with Gasteiger partial charge in [-0.25, -0.2) is 8.42 Å². The van der Waals surface area contributed by atoms with Crippen LogP contribution in [0.4, 0.5) is 5.69 Å². The summed E-state index contributed by atoms with van der Waals surface area (Å²) < 4.78 is 28.9. The van der Waals surface area contributed by atoms with Crippen LogP contribution in [0.15, 0.2) is 71.6 Å². The van der Waals surface area contributed by atoms with E-state index in [1.54, 1.807) is 49.4 Å². The number of hydrogen-bond acceptors (Lipinski definition) is 4. The first kappa shape index (κ1) is 31.2. The molecule has 4 rings (SSSR count). The van der Waals surface area contributed by atoms with Crippen LogP contribution in [-0.4, -0.2) is 43.8 Å². The van der Waals surface area contributed by atoms with Crippen LogP contribution in [0.3, 0.4) is 0 Å². The second-order valence-corrected chi connectivity index (χ2v) is 13.2. The number of aryl methyl sites for hydroxylation is 1. The molecule has 0 aromatic heterocycles. The van der Waals surface area contributed by atoms with Crippen molar-refractivity contribution in [2.45, 2.75) is 63.1 Å². The van der Waals surface area contributed by atoms with Crippen molar-refractivity contribution in [2.75, 3.05) is 10.8 Å². The smallest absolute Gasteiger partial charge is 0.264 e. The summed E-state index contributed by atoms with van der Waals surface area (Å²) in [6.07, 6.45) is 3.83. The van der Waals surface area contributed by atoms with Crippen LogP contribution in [0.2, 0.25) is 15.1 Å². The number of halogens is 3. The maximum atomic E-state index is 14.1. The maximum Gasteiger partial charge on any atom is 0.264 e. The zero-order valence-electron chi connectivity index (χ0n) is 22.8. The number of benzene rings is 3. The summed E-state index contributed by atoms with van der Waals surface area (Å²) in [7, 11) is -4.27. The lowest BCUT2D eigenvalue weighted by Gasteiger charge is -2.33. The molecule has 41 heavy (non-hydrogen) atoms. The Kier molecular flexibility index (Phi) is 10.2. The van der Waals surface area contributed by atoms with E-state index in [1.807, 2.05) is 6.92 Å². The van der Waals surface area contributed by atoms with Gasteiger partial charge in [0.2, 0.25) is 11.8 Å². The van der Waals surface area contributed by atoms with Gasteiger partial charge in [0.1, 0.15) is 12.6 Å². The van der Waals surface area contributed by atoms with Crippen LogP contribution >= 0.6 is 34.8 Å². The van der Waals surface area contributed by atoms with Crippen molar-refractivity contribution < 1.29 is 18.0 Å². The van der Waals surface area contributed by atoms with Crippen LogP contribution in [0.25, 0.3) is 0 Å². The van der Waals surface area contributed by atoms with Gasteiger partial charge in [0.15, 0.2) is 0 Å². The van der Waals surface area contributed by atoms with Crippen molar-refractivity contribution in [1.82, 2.24) is 10.2 Å². The van der Waals surface area contributed by atoms with E-state index in [2.05, 4.69) is 5.32 Å². The van der Waals surface area contributed by atoms with E-state index in [4.69, 9.17) is 34.8 Å². The van der Waals surface area contributed by atoms with Crippen molar-refractivity contribution >= 4 is 62.3 Å². The molecule has 11 heteroatoms. The van der Waals surface area contributed by atoms with E-state index in [-0.39, 0.29) is 39.1 Å². The Hall–Kier alpha value is -2.78. The molecule has 0 aliphatic heterocycles. The lowest BCUT2D eigenvalue weighted by atomic mass is 10.1. The fraction of sp³-hybridized carbons (Fsp3) is 0.333. The number of rotatable bonds is 10. The van der Waals surface area contributed by atoms with Crippen molar-refractivity contribution in [1.29, 1.82) is 0 Å². The second-order valence-electron chi connectivity index (χ2n) is 10.2. The molecule has 3 aromatic rings. The Morgan fingerprint density at radius 2 is 1.56 bits per heavy atom. The van der Waals surface area contributed by atoms with Crippen LogP contribution in [0, 0.1) is 6.92 Å². The number of carbonyl (C=O) groups excluding carboxylic acids is 2. The Morgan fingerprint density at radius 3 is 2.22 bits per heavy atom. The normalized spacial score (nSPS) is 14.5. The summed E-state index contributed by atoms with van der Waals surface area (Å²) in [6.45, 7) is 2.85. The Balaban J connectivity index is 1.73. The average Bonchev–Trinajstić information content (AvgIpc) is 3.45. The van der Waals surface area contributed by atoms with Crippen molar-refractivity contribution in [3.8, 4) is 0 Å². The Morgan fingerprint density at radius 1 is 0.927 bits per heavy atom. The van der Waals surface area contributed by atoms with Gasteiger partial charge in [-0.2, -0.15) is 0 Å². The van der Waals surface area contributed by atoms with Crippen LogP contribution < -0.4 is 9.62 Å². The third-order valence-electron chi connectivity index (χ3n) is 7.26. The largest absolute Gasteiger partial charge is 0.352 e. The zero-order valence-corrected chi connectivity index (χ0v) is 25.9. The van der Waals surface area contributed by atoms with Crippen LogP contribution in [0.5, 0.6) is 0 Å². The summed E-state index contributed by atoms with van der Waals surface area (Å²) >= 11 is 19.2. The number of amides is 2. The molecule has 0 heterocycles. The first-order valence-electron chi connectivity index (χ1n) is 13.4. The van der Waals surface area contributed by atoms with Gasteiger partial charge >= 0.3 is 0 Å². The predicted octanol–water partition coefficient (Wildman–Crippen LogP) is 6.63. The molecule has 0 saturated heterocycles. The number of nitrogens with zero attached hydrogens (tertiary/aromatic N) is 2. The fourth-order valence-electron chi connectivity index (χ4n) is 4.82. The number of carbonyl (C=O) groups is 2. The summed E-state index contributed by atoms with van der Waals surface area (Å²) in [6, 6.07) is 17.0. The standard InChI is InChI=1S/C30H32Cl3N3O4S/c1-20-14-16-24(17-15-20)41(39,40)36(27-13-7-12-26(32)29(27)33)19-28(37)35(18-22-8-3-6-11-25(22)31)21(2)30(38)34-23-9-4-5-10-23/h3,6-8,11-17,21,23H,4-5,9-10,18-19H2,1-2H3,(H,34,38)/t21-/m0/s1. The van der Waals surface area contributed by atoms with Gasteiger partial charge in [-0.15, -0.1) is 0 Å². The average molecular weight is 637 g/mol. The predicted molar refractivity (Wildman–Crippen MR) is 164 cm³/mol. The maximum absolute atomic E-state index is 14.1. The van der Waals surface area contributed by atoms with Gasteiger partial charge in [0, 0.05) is 17.6 Å². The molecule has 218 valence electrons. The van der Waals surface area contributed by atoms with Gasteiger partial charge < -0.3 is 10.2 Å². The Labute approximate surface area is 256 Å². The summed E-state index contributed by atoms with van der Waals surface area (Å²) in [5.74, 6) is -0.920. The van der Waals surface area contributed by atoms with Crippen LogP contribution in [-0.2, 0) is 26.2 Å².